The number of benzene rings is 2. The fourth-order valence-corrected chi connectivity index (χ4v) is 3.62. The van der Waals surface area contributed by atoms with E-state index in [1.165, 1.54) is 0 Å². The van der Waals surface area contributed by atoms with Crippen LogP contribution in [0, 0.1) is 12.8 Å². The van der Waals surface area contributed by atoms with E-state index in [1.807, 2.05) is 54.2 Å². The highest BCUT2D eigenvalue weighted by molar-refractivity contribution is 6.00. The summed E-state index contributed by atoms with van der Waals surface area (Å²) in [7, 11) is 3.83. The lowest BCUT2D eigenvalue weighted by atomic mass is 10.0. The monoisotopic (exact) mass is 433 g/mol. The first-order valence-corrected chi connectivity index (χ1v) is 10.5. The SMILES string of the molecule is C#C.CCCN(Cc1nc2ccc(C(=O)CN)cc2[nH]1)C(=O)[C@@H](c1ccccc1)N(C)C. The van der Waals surface area contributed by atoms with E-state index in [9.17, 15) is 9.59 Å². The van der Waals surface area contributed by atoms with Gasteiger partial charge in [0.2, 0.25) is 5.91 Å². The first kappa shape index (κ1) is 24.8. The van der Waals surface area contributed by atoms with Gasteiger partial charge in [-0.2, -0.15) is 0 Å². The lowest BCUT2D eigenvalue weighted by Gasteiger charge is -2.30. The molecule has 1 atom stereocenters. The van der Waals surface area contributed by atoms with Crippen molar-refractivity contribution in [3.05, 3.63) is 65.5 Å². The average Bonchev–Trinajstić information content (AvgIpc) is 3.21. The van der Waals surface area contributed by atoms with Crippen LogP contribution in [0.2, 0.25) is 0 Å². The van der Waals surface area contributed by atoms with Crippen LogP contribution < -0.4 is 5.73 Å². The summed E-state index contributed by atoms with van der Waals surface area (Å²) in [5.74, 6) is 0.606. The highest BCUT2D eigenvalue weighted by atomic mass is 16.2. The van der Waals surface area contributed by atoms with Gasteiger partial charge in [0.15, 0.2) is 5.78 Å². The number of carbonyl (C=O) groups is 2. The third-order valence-electron chi connectivity index (χ3n) is 5.05. The van der Waals surface area contributed by atoms with Gasteiger partial charge < -0.3 is 15.6 Å². The summed E-state index contributed by atoms with van der Waals surface area (Å²) in [6.07, 6.45) is 8.84. The Labute approximate surface area is 189 Å². The van der Waals surface area contributed by atoms with Gasteiger partial charge in [-0.25, -0.2) is 4.98 Å². The minimum atomic E-state index is -0.365. The number of likely N-dealkylation sites (N-methyl/N-ethyl adjacent to an activating group) is 1. The molecule has 7 heteroatoms. The van der Waals surface area contributed by atoms with Crippen LogP contribution in [-0.4, -0.2) is 58.6 Å². The van der Waals surface area contributed by atoms with Crippen LogP contribution in [0.3, 0.4) is 0 Å². The minimum absolute atomic E-state index is 0.0311. The van der Waals surface area contributed by atoms with Gasteiger partial charge in [-0.15, -0.1) is 12.8 Å². The largest absolute Gasteiger partial charge is 0.340 e. The number of hydrogen-bond donors (Lipinski definition) is 2. The number of terminal acetylenes is 1. The lowest BCUT2D eigenvalue weighted by Crippen LogP contribution is -2.40. The second-order valence-corrected chi connectivity index (χ2v) is 7.58. The molecule has 0 saturated heterocycles. The number of aromatic nitrogens is 2. The van der Waals surface area contributed by atoms with Gasteiger partial charge in [-0.3, -0.25) is 14.5 Å². The maximum atomic E-state index is 13.5. The third kappa shape index (κ3) is 5.82. The van der Waals surface area contributed by atoms with Crippen LogP contribution >= 0.6 is 0 Å². The Kier molecular flexibility index (Phi) is 9.14. The number of fused-ring (bicyclic) bond motifs is 1. The number of carbonyl (C=O) groups excluding carboxylic acids is 2. The van der Waals surface area contributed by atoms with Crippen LogP contribution in [0.15, 0.2) is 48.5 Å². The summed E-state index contributed by atoms with van der Waals surface area (Å²) in [4.78, 5) is 37.0. The van der Waals surface area contributed by atoms with E-state index in [4.69, 9.17) is 5.73 Å². The molecule has 0 saturated carbocycles. The predicted octanol–water partition coefficient (Wildman–Crippen LogP) is 3.00. The predicted molar refractivity (Wildman–Crippen MR) is 128 cm³/mol. The zero-order valence-electron chi connectivity index (χ0n) is 18.9. The number of nitrogens with two attached hydrogens (primary N) is 1. The summed E-state index contributed by atoms with van der Waals surface area (Å²) in [6.45, 7) is 3.02. The van der Waals surface area contributed by atoms with Gasteiger partial charge in [0, 0.05) is 12.1 Å². The van der Waals surface area contributed by atoms with Crippen molar-refractivity contribution in [2.24, 2.45) is 5.73 Å². The Hall–Kier alpha value is -3.47. The number of ketones is 1. The van der Waals surface area contributed by atoms with Crippen LogP contribution in [0.25, 0.3) is 11.0 Å². The summed E-state index contributed by atoms with van der Waals surface area (Å²) in [5.41, 5.74) is 8.50. The molecule has 3 aromatic rings. The molecular formula is C25H31N5O2. The number of amides is 1. The number of H-pyrrole nitrogens is 1. The molecule has 32 heavy (non-hydrogen) atoms. The summed E-state index contributed by atoms with van der Waals surface area (Å²) in [5, 5.41) is 0. The third-order valence-corrected chi connectivity index (χ3v) is 5.05. The first-order chi connectivity index (χ1) is 15.4. The van der Waals surface area contributed by atoms with Crippen LogP contribution in [-0.2, 0) is 11.3 Å². The summed E-state index contributed by atoms with van der Waals surface area (Å²) >= 11 is 0. The molecule has 2 aromatic carbocycles. The molecule has 1 heterocycles. The Morgan fingerprint density at radius 3 is 2.41 bits per heavy atom. The summed E-state index contributed by atoms with van der Waals surface area (Å²) < 4.78 is 0. The Morgan fingerprint density at radius 1 is 1.12 bits per heavy atom. The molecule has 3 N–H and O–H groups in total. The van der Waals surface area contributed by atoms with Gasteiger partial charge in [0.05, 0.1) is 24.1 Å². The Balaban J connectivity index is 0.00000176. The molecule has 0 radical (unpaired) electrons. The molecule has 168 valence electrons. The molecule has 0 spiro atoms. The molecule has 0 aliphatic carbocycles. The van der Waals surface area contributed by atoms with Gasteiger partial charge in [-0.05, 0) is 44.3 Å². The Bertz CT molecular complexity index is 1060. The van der Waals surface area contributed by atoms with E-state index in [0.717, 1.165) is 23.0 Å². The molecule has 0 aliphatic rings. The molecule has 0 aliphatic heterocycles. The average molecular weight is 434 g/mol. The highest BCUT2D eigenvalue weighted by Gasteiger charge is 2.28. The molecular weight excluding hydrogens is 402 g/mol. The molecule has 1 amide bonds. The van der Waals surface area contributed by atoms with Crippen molar-refractivity contribution in [3.8, 4) is 12.8 Å². The topological polar surface area (TPSA) is 95.3 Å². The number of Topliss-reactive ketones (excluding diaryl/α,β-unsaturated/α-hetero) is 1. The van der Waals surface area contributed by atoms with E-state index < -0.39 is 0 Å². The van der Waals surface area contributed by atoms with Crippen molar-refractivity contribution >= 4 is 22.7 Å². The zero-order valence-corrected chi connectivity index (χ0v) is 18.9. The van der Waals surface area contributed by atoms with Crippen LogP contribution in [0.4, 0.5) is 0 Å². The normalized spacial score (nSPS) is 11.6. The highest BCUT2D eigenvalue weighted by Crippen LogP contribution is 2.22. The van der Waals surface area contributed by atoms with Gasteiger partial charge in [0.25, 0.3) is 0 Å². The van der Waals surface area contributed by atoms with Crippen molar-refractivity contribution in [3.63, 3.8) is 0 Å². The van der Waals surface area contributed by atoms with E-state index in [-0.39, 0.29) is 24.3 Å². The number of nitrogens with zero attached hydrogens (tertiary/aromatic N) is 3. The number of hydrogen-bond acceptors (Lipinski definition) is 5. The van der Waals surface area contributed by atoms with Gasteiger partial charge in [0.1, 0.15) is 11.9 Å². The van der Waals surface area contributed by atoms with E-state index in [0.29, 0.717) is 24.5 Å². The number of imidazole rings is 1. The fourth-order valence-electron chi connectivity index (χ4n) is 3.62. The minimum Gasteiger partial charge on any atom is -0.340 e. The first-order valence-electron chi connectivity index (χ1n) is 10.5. The quantitative estimate of drug-likeness (QED) is 0.400. The van der Waals surface area contributed by atoms with Crippen molar-refractivity contribution in [2.75, 3.05) is 27.2 Å². The van der Waals surface area contributed by atoms with Crippen molar-refractivity contribution in [1.29, 1.82) is 0 Å². The van der Waals surface area contributed by atoms with E-state index in [2.05, 4.69) is 29.7 Å². The van der Waals surface area contributed by atoms with Crippen molar-refractivity contribution < 1.29 is 9.59 Å². The number of nitrogens with one attached hydrogen (secondary N) is 1. The van der Waals surface area contributed by atoms with E-state index in [1.54, 1.807) is 18.2 Å². The number of aromatic amines is 1. The van der Waals surface area contributed by atoms with Crippen LogP contribution in [0.1, 0.15) is 41.1 Å². The second kappa shape index (κ2) is 11.8. The van der Waals surface area contributed by atoms with Crippen LogP contribution in [0.5, 0.6) is 0 Å². The molecule has 0 unspecified atom stereocenters. The molecule has 1 aromatic heterocycles. The lowest BCUT2D eigenvalue weighted by molar-refractivity contribution is -0.137. The maximum absolute atomic E-state index is 13.5. The van der Waals surface area contributed by atoms with E-state index >= 15 is 0 Å². The van der Waals surface area contributed by atoms with Crippen molar-refractivity contribution in [1.82, 2.24) is 19.8 Å². The standard InChI is InChI=1S/C23H29N5O2.C2H2/c1-4-12-28(23(30)22(27(2)3)16-8-6-5-7-9-16)15-21-25-18-11-10-17(20(29)14-24)13-19(18)26-21;1-2/h5-11,13,22H,4,12,14-15,24H2,1-3H3,(H,25,26);1-2H/t22-;/m1./s1. The molecule has 0 bridgehead atoms. The Morgan fingerprint density at radius 2 is 1.81 bits per heavy atom. The zero-order chi connectivity index (χ0) is 23.7. The molecule has 7 nitrogen and oxygen atoms in total. The molecule has 0 fully saturated rings. The van der Waals surface area contributed by atoms with Gasteiger partial charge in [-0.1, -0.05) is 37.3 Å². The molecule has 3 rings (SSSR count). The van der Waals surface area contributed by atoms with Gasteiger partial charge >= 0.3 is 0 Å². The number of rotatable bonds is 9. The van der Waals surface area contributed by atoms with Crippen molar-refractivity contribution in [2.45, 2.75) is 25.9 Å². The maximum Gasteiger partial charge on any atom is 0.244 e. The smallest absolute Gasteiger partial charge is 0.244 e. The fraction of sp³-hybridized carbons (Fsp3) is 0.320. The summed E-state index contributed by atoms with van der Waals surface area (Å²) in [6, 6.07) is 14.7. The second-order valence-electron chi connectivity index (χ2n) is 7.58.